The first-order chi connectivity index (χ1) is 13.8. The summed E-state index contributed by atoms with van der Waals surface area (Å²) in [4.78, 5) is 12.7. The Kier molecular flexibility index (Phi) is 6.40. The summed E-state index contributed by atoms with van der Waals surface area (Å²) in [7, 11) is -0.668. The lowest BCUT2D eigenvalue weighted by Gasteiger charge is -2.14. The average molecular weight is 436 g/mol. The Bertz CT molecular complexity index is 1080. The van der Waals surface area contributed by atoms with Crippen LogP contribution in [0.1, 0.15) is 12.7 Å². The van der Waals surface area contributed by atoms with E-state index in [1.165, 1.54) is 38.0 Å². The minimum atomic E-state index is -3.58. The Morgan fingerprint density at radius 1 is 1.31 bits per heavy atom. The van der Waals surface area contributed by atoms with Crippen LogP contribution in [-0.4, -0.2) is 52.7 Å². The maximum atomic E-state index is 12.6. The first-order valence-electron chi connectivity index (χ1n) is 8.67. The van der Waals surface area contributed by atoms with E-state index in [0.717, 1.165) is 10.1 Å². The molecule has 1 atom stereocenters. The van der Waals surface area contributed by atoms with E-state index in [1.807, 2.05) is 6.07 Å². The zero-order chi connectivity index (χ0) is 21.0. The fraction of sp³-hybridized carbons (Fsp3) is 0.278. The summed E-state index contributed by atoms with van der Waals surface area (Å²) in [6, 6.07) is 9.80. The number of nitrogens with zero attached hydrogens (tertiary/aromatic N) is 4. The molecule has 0 spiro atoms. The molecule has 3 rings (SSSR count). The third-order valence-corrected chi connectivity index (χ3v) is 6.92. The first kappa shape index (κ1) is 21.1. The van der Waals surface area contributed by atoms with Crippen molar-refractivity contribution in [2.24, 2.45) is 0 Å². The van der Waals surface area contributed by atoms with Crippen LogP contribution in [0.15, 0.2) is 63.5 Å². The lowest BCUT2D eigenvalue weighted by molar-refractivity contribution is -0.115. The summed E-state index contributed by atoms with van der Waals surface area (Å²) in [6.07, 6.45) is 3.16. The van der Waals surface area contributed by atoms with Crippen molar-refractivity contribution in [3.8, 4) is 0 Å². The van der Waals surface area contributed by atoms with Gasteiger partial charge in [0.15, 0.2) is 5.16 Å². The SMILES string of the molecule is C[C@@H](Sc1nncn1Cc1ccco1)C(=O)Nc1cccc(S(=O)(=O)N(C)C)c1. The van der Waals surface area contributed by atoms with Crippen LogP contribution in [0.5, 0.6) is 0 Å². The molecule has 0 bridgehead atoms. The van der Waals surface area contributed by atoms with Crippen LogP contribution in [0.25, 0.3) is 0 Å². The predicted octanol–water partition coefficient (Wildman–Crippen LogP) is 2.29. The zero-order valence-corrected chi connectivity index (χ0v) is 17.8. The Labute approximate surface area is 173 Å². The van der Waals surface area contributed by atoms with Gasteiger partial charge in [-0.05, 0) is 37.3 Å². The topological polar surface area (TPSA) is 110 Å². The van der Waals surface area contributed by atoms with E-state index in [4.69, 9.17) is 4.42 Å². The fourth-order valence-corrected chi connectivity index (χ4v) is 4.19. The summed E-state index contributed by atoms with van der Waals surface area (Å²) >= 11 is 1.25. The Balaban J connectivity index is 1.67. The average Bonchev–Trinajstić information content (AvgIpc) is 3.34. The van der Waals surface area contributed by atoms with Gasteiger partial charge in [-0.15, -0.1) is 10.2 Å². The van der Waals surface area contributed by atoms with Crippen LogP contribution in [0.4, 0.5) is 5.69 Å². The molecular weight excluding hydrogens is 414 g/mol. The van der Waals surface area contributed by atoms with Crippen molar-refractivity contribution in [1.29, 1.82) is 0 Å². The molecule has 3 aromatic rings. The highest BCUT2D eigenvalue weighted by Gasteiger charge is 2.21. The Morgan fingerprint density at radius 3 is 2.79 bits per heavy atom. The van der Waals surface area contributed by atoms with E-state index in [0.29, 0.717) is 17.4 Å². The molecule has 0 radical (unpaired) electrons. The van der Waals surface area contributed by atoms with Crippen molar-refractivity contribution < 1.29 is 17.6 Å². The molecule has 154 valence electrons. The number of thioether (sulfide) groups is 1. The molecule has 11 heteroatoms. The zero-order valence-electron chi connectivity index (χ0n) is 16.1. The molecule has 0 saturated heterocycles. The Morgan fingerprint density at radius 2 is 2.10 bits per heavy atom. The number of hydrogen-bond acceptors (Lipinski definition) is 7. The van der Waals surface area contributed by atoms with E-state index in [1.54, 1.807) is 42.3 Å². The second kappa shape index (κ2) is 8.80. The van der Waals surface area contributed by atoms with Crippen LogP contribution in [-0.2, 0) is 21.4 Å². The number of carbonyl (C=O) groups excluding carboxylic acids is 1. The molecule has 0 aliphatic heterocycles. The lowest BCUT2D eigenvalue weighted by Crippen LogP contribution is -2.24. The number of aromatic nitrogens is 3. The smallest absolute Gasteiger partial charge is 0.242 e. The molecule has 0 aliphatic rings. The number of furan rings is 1. The monoisotopic (exact) mass is 435 g/mol. The van der Waals surface area contributed by atoms with Crippen molar-refractivity contribution in [2.45, 2.75) is 28.8 Å². The van der Waals surface area contributed by atoms with Gasteiger partial charge < -0.3 is 14.3 Å². The van der Waals surface area contributed by atoms with E-state index >= 15 is 0 Å². The van der Waals surface area contributed by atoms with Gasteiger partial charge in [0.25, 0.3) is 0 Å². The highest BCUT2D eigenvalue weighted by atomic mass is 32.2. The molecule has 0 saturated carbocycles. The maximum absolute atomic E-state index is 12.6. The van der Waals surface area contributed by atoms with Gasteiger partial charge in [0.1, 0.15) is 12.1 Å². The number of amides is 1. The summed E-state index contributed by atoms with van der Waals surface area (Å²) in [6.45, 7) is 2.20. The van der Waals surface area contributed by atoms with Gasteiger partial charge >= 0.3 is 0 Å². The van der Waals surface area contributed by atoms with Crippen LogP contribution in [0.3, 0.4) is 0 Å². The summed E-state index contributed by atoms with van der Waals surface area (Å²) in [5.74, 6) is 0.477. The van der Waals surface area contributed by atoms with Gasteiger partial charge in [0.05, 0.1) is 23.0 Å². The summed E-state index contributed by atoms with van der Waals surface area (Å²) in [5.41, 5.74) is 0.405. The quantitative estimate of drug-likeness (QED) is 0.541. The van der Waals surface area contributed by atoms with Gasteiger partial charge in [-0.1, -0.05) is 17.8 Å². The van der Waals surface area contributed by atoms with Gasteiger partial charge in [0.2, 0.25) is 15.9 Å². The second-order valence-corrected chi connectivity index (χ2v) is 9.85. The third kappa shape index (κ3) is 5.05. The molecule has 29 heavy (non-hydrogen) atoms. The first-order valence-corrected chi connectivity index (χ1v) is 11.0. The minimum absolute atomic E-state index is 0.110. The highest BCUT2D eigenvalue weighted by Crippen LogP contribution is 2.24. The van der Waals surface area contributed by atoms with Crippen molar-refractivity contribution in [3.05, 3.63) is 54.7 Å². The largest absolute Gasteiger partial charge is 0.467 e. The van der Waals surface area contributed by atoms with Crippen molar-refractivity contribution in [2.75, 3.05) is 19.4 Å². The van der Waals surface area contributed by atoms with Crippen molar-refractivity contribution >= 4 is 33.4 Å². The fourth-order valence-electron chi connectivity index (χ4n) is 2.42. The molecule has 1 amide bonds. The van der Waals surface area contributed by atoms with Crippen LogP contribution in [0, 0.1) is 0 Å². The Hall–Kier alpha value is -2.63. The number of sulfonamides is 1. The molecule has 0 fully saturated rings. The number of hydrogen-bond donors (Lipinski definition) is 1. The molecule has 2 aromatic heterocycles. The molecule has 9 nitrogen and oxygen atoms in total. The lowest BCUT2D eigenvalue weighted by atomic mass is 10.3. The van der Waals surface area contributed by atoms with E-state index in [2.05, 4.69) is 15.5 Å². The normalized spacial score (nSPS) is 12.8. The molecule has 2 heterocycles. The molecule has 0 aliphatic carbocycles. The van der Waals surface area contributed by atoms with Crippen LogP contribution < -0.4 is 5.32 Å². The third-order valence-electron chi connectivity index (χ3n) is 4.02. The molecule has 1 aromatic carbocycles. The number of anilines is 1. The van der Waals surface area contributed by atoms with Gasteiger partial charge in [-0.2, -0.15) is 0 Å². The van der Waals surface area contributed by atoms with Crippen molar-refractivity contribution in [3.63, 3.8) is 0 Å². The van der Waals surface area contributed by atoms with E-state index in [-0.39, 0.29) is 10.8 Å². The van der Waals surface area contributed by atoms with Gasteiger partial charge in [0, 0.05) is 19.8 Å². The van der Waals surface area contributed by atoms with Crippen LogP contribution >= 0.6 is 11.8 Å². The van der Waals surface area contributed by atoms with E-state index in [9.17, 15) is 13.2 Å². The van der Waals surface area contributed by atoms with Gasteiger partial charge in [-0.25, -0.2) is 12.7 Å². The molecule has 0 unspecified atom stereocenters. The van der Waals surface area contributed by atoms with E-state index < -0.39 is 15.3 Å². The number of nitrogens with one attached hydrogen (secondary N) is 1. The maximum Gasteiger partial charge on any atom is 0.242 e. The molecule has 1 N–H and O–H groups in total. The standard InChI is InChI=1S/C18H21N5O4S2/c1-13(28-18-21-19-12-23(18)11-15-7-5-9-27-15)17(24)20-14-6-4-8-16(10-14)29(25,26)22(2)3/h4-10,12-13H,11H2,1-3H3,(H,20,24)/t13-/m1/s1. The predicted molar refractivity (Wildman–Crippen MR) is 109 cm³/mol. The summed E-state index contributed by atoms with van der Waals surface area (Å²) in [5, 5.41) is 10.8. The highest BCUT2D eigenvalue weighted by molar-refractivity contribution is 8.00. The molecular formula is C18H21N5O4S2. The van der Waals surface area contributed by atoms with Gasteiger partial charge in [-0.3, -0.25) is 4.79 Å². The minimum Gasteiger partial charge on any atom is -0.467 e. The number of rotatable bonds is 8. The van der Waals surface area contributed by atoms with Crippen molar-refractivity contribution in [1.82, 2.24) is 19.1 Å². The number of carbonyl (C=O) groups is 1. The number of benzene rings is 1. The summed E-state index contributed by atoms with van der Waals surface area (Å²) < 4.78 is 32.8. The van der Waals surface area contributed by atoms with Crippen LogP contribution in [0.2, 0.25) is 0 Å². The second-order valence-electron chi connectivity index (χ2n) is 6.39.